The molecule has 2 aromatic carbocycles. The number of piperazine rings is 1. The van der Waals surface area contributed by atoms with Gasteiger partial charge in [-0.05, 0) is 35.1 Å². The van der Waals surface area contributed by atoms with Crippen molar-refractivity contribution in [2.45, 2.75) is 44.4 Å². The first-order valence-corrected chi connectivity index (χ1v) is 13.8. The van der Waals surface area contributed by atoms with Gasteiger partial charge in [0, 0.05) is 11.8 Å². The quantitative estimate of drug-likeness (QED) is 0.606. The van der Waals surface area contributed by atoms with Crippen molar-refractivity contribution < 1.29 is 27.6 Å². The number of ether oxygens (including phenoxy) is 2. The smallest absolute Gasteiger partial charge is 0.279 e. The van der Waals surface area contributed by atoms with E-state index in [9.17, 15) is 13.2 Å². The Bertz CT molecular complexity index is 1150. The van der Waals surface area contributed by atoms with Crippen LogP contribution in [0.4, 0.5) is 5.69 Å². The predicted octanol–water partition coefficient (Wildman–Crippen LogP) is 2.23. The second-order valence-corrected chi connectivity index (χ2v) is 11.7. The van der Waals surface area contributed by atoms with Gasteiger partial charge in [-0.3, -0.25) is 4.79 Å². The van der Waals surface area contributed by atoms with E-state index in [0.29, 0.717) is 69.3 Å². The molecule has 0 aliphatic carbocycles. The lowest BCUT2D eigenvalue weighted by molar-refractivity contribution is -0.895. The molecule has 0 atom stereocenters. The van der Waals surface area contributed by atoms with Crippen molar-refractivity contribution in [2.24, 2.45) is 0 Å². The summed E-state index contributed by atoms with van der Waals surface area (Å²) in [6.07, 6.45) is 0. The van der Waals surface area contributed by atoms with E-state index in [-0.39, 0.29) is 10.8 Å². The highest BCUT2D eigenvalue weighted by Crippen LogP contribution is 2.34. The summed E-state index contributed by atoms with van der Waals surface area (Å²) in [5.74, 6) is 1.57. The minimum Gasteiger partial charge on any atom is -0.486 e. The summed E-state index contributed by atoms with van der Waals surface area (Å²) in [5.41, 5.74) is 3.19. The number of nitrogens with zero attached hydrogens (tertiary/aromatic N) is 1. The van der Waals surface area contributed by atoms with Crippen LogP contribution >= 0.6 is 0 Å². The van der Waals surface area contributed by atoms with E-state index in [2.05, 4.69) is 45.1 Å². The third-order valence-electron chi connectivity index (χ3n) is 6.63. The molecular formula is C26H36N3O5S+. The van der Waals surface area contributed by atoms with Crippen LogP contribution in [-0.2, 0) is 14.8 Å². The molecule has 9 heteroatoms. The van der Waals surface area contributed by atoms with Gasteiger partial charge in [0.1, 0.15) is 13.2 Å². The second-order valence-electron chi connectivity index (χ2n) is 9.81. The predicted molar refractivity (Wildman–Crippen MR) is 135 cm³/mol. The molecule has 0 radical (unpaired) electrons. The van der Waals surface area contributed by atoms with Crippen LogP contribution in [0.2, 0.25) is 0 Å². The van der Waals surface area contributed by atoms with E-state index in [1.165, 1.54) is 10.4 Å². The van der Waals surface area contributed by atoms with E-state index in [0.717, 1.165) is 21.7 Å². The third-order valence-corrected chi connectivity index (χ3v) is 8.52. The SMILES string of the molecule is CC(C)c1cccc(C(C)C)c1NC(=O)C[NH+]1CCN(S(=O)(=O)c2ccc3c(c2)OCCO3)CC1. The van der Waals surface area contributed by atoms with Crippen LogP contribution in [0.5, 0.6) is 11.5 Å². The molecule has 190 valence electrons. The lowest BCUT2D eigenvalue weighted by atomic mass is 9.92. The van der Waals surface area contributed by atoms with E-state index in [1.54, 1.807) is 12.1 Å². The molecule has 0 bridgehead atoms. The zero-order valence-corrected chi connectivity index (χ0v) is 21.8. The summed E-state index contributed by atoms with van der Waals surface area (Å²) >= 11 is 0. The van der Waals surface area contributed by atoms with Crippen molar-refractivity contribution in [3.8, 4) is 11.5 Å². The fraction of sp³-hybridized carbons (Fsp3) is 0.500. The van der Waals surface area contributed by atoms with Gasteiger partial charge in [0.2, 0.25) is 10.0 Å². The number of anilines is 1. The zero-order chi connectivity index (χ0) is 25.2. The van der Waals surface area contributed by atoms with Crippen LogP contribution in [0.3, 0.4) is 0 Å². The van der Waals surface area contributed by atoms with Gasteiger partial charge in [0.15, 0.2) is 18.0 Å². The number of sulfonamides is 1. The monoisotopic (exact) mass is 502 g/mol. The van der Waals surface area contributed by atoms with Gasteiger partial charge in [-0.25, -0.2) is 8.42 Å². The Morgan fingerprint density at radius 3 is 2.17 bits per heavy atom. The molecule has 0 spiro atoms. The zero-order valence-electron chi connectivity index (χ0n) is 21.0. The van der Waals surface area contributed by atoms with E-state index >= 15 is 0 Å². The summed E-state index contributed by atoms with van der Waals surface area (Å²) < 4.78 is 38.9. The lowest BCUT2D eigenvalue weighted by Gasteiger charge is -2.31. The van der Waals surface area contributed by atoms with E-state index < -0.39 is 10.0 Å². The van der Waals surface area contributed by atoms with Crippen LogP contribution in [0, 0.1) is 0 Å². The number of amides is 1. The van der Waals surface area contributed by atoms with Crippen LogP contribution in [-0.4, -0.2) is 64.6 Å². The fourth-order valence-electron chi connectivity index (χ4n) is 4.66. The highest BCUT2D eigenvalue weighted by molar-refractivity contribution is 7.89. The molecule has 1 amide bonds. The maximum absolute atomic E-state index is 13.2. The number of fused-ring (bicyclic) bond motifs is 1. The summed E-state index contributed by atoms with van der Waals surface area (Å²) in [5, 5.41) is 3.17. The molecule has 0 unspecified atom stereocenters. The van der Waals surface area contributed by atoms with Crippen molar-refractivity contribution in [2.75, 3.05) is 51.3 Å². The number of rotatable bonds is 7. The Morgan fingerprint density at radius 1 is 0.971 bits per heavy atom. The maximum atomic E-state index is 13.2. The molecule has 2 N–H and O–H groups in total. The highest BCUT2D eigenvalue weighted by Gasteiger charge is 2.32. The molecule has 1 fully saturated rings. The van der Waals surface area contributed by atoms with Crippen molar-refractivity contribution >= 4 is 21.6 Å². The molecule has 2 aliphatic rings. The number of benzene rings is 2. The maximum Gasteiger partial charge on any atom is 0.279 e. The molecule has 2 aromatic rings. The molecule has 0 saturated carbocycles. The standard InChI is InChI=1S/C26H35N3O5S/c1-18(2)21-6-5-7-22(19(3)4)26(21)27-25(30)17-28-10-12-29(13-11-28)35(31,32)20-8-9-23-24(16-20)34-15-14-33-23/h5-9,16,18-19H,10-15,17H2,1-4H3,(H,27,30)/p+1. The van der Waals surface area contributed by atoms with E-state index in [1.807, 2.05) is 6.07 Å². The van der Waals surface area contributed by atoms with Gasteiger partial charge in [0.05, 0.1) is 31.1 Å². The first kappa shape index (κ1) is 25.5. The Labute approximate surface area is 208 Å². The summed E-state index contributed by atoms with van der Waals surface area (Å²) in [7, 11) is -3.64. The summed E-state index contributed by atoms with van der Waals surface area (Å²) in [6.45, 7) is 11.5. The first-order chi connectivity index (χ1) is 16.7. The molecule has 2 heterocycles. The van der Waals surface area contributed by atoms with Crippen LogP contribution in [0.25, 0.3) is 0 Å². The number of hydrogen-bond donors (Lipinski definition) is 2. The largest absolute Gasteiger partial charge is 0.486 e. The van der Waals surface area contributed by atoms with Crippen molar-refractivity contribution in [1.29, 1.82) is 0 Å². The number of carbonyl (C=O) groups is 1. The van der Waals surface area contributed by atoms with Gasteiger partial charge in [-0.2, -0.15) is 4.31 Å². The number of quaternary nitrogens is 1. The summed E-state index contributed by atoms with van der Waals surface area (Å²) in [4.78, 5) is 14.3. The molecular weight excluding hydrogens is 466 g/mol. The minimum atomic E-state index is -3.64. The normalized spacial score (nSPS) is 17.1. The van der Waals surface area contributed by atoms with Gasteiger partial charge in [0.25, 0.3) is 5.91 Å². The molecule has 8 nitrogen and oxygen atoms in total. The average Bonchev–Trinajstić information content (AvgIpc) is 2.83. The molecule has 0 aromatic heterocycles. The highest BCUT2D eigenvalue weighted by atomic mass is 32.2. The third kappa shape index (κ3) is 5.63. The minimum absolute atomic E-state index is 0.0434. The Hall–Kier alpha value is -2.62. The van der Waals surface area contributed by atoms with Gasteiger partial charge in [-0.1, -0.05) is 45.9 Å². The Kier molecular flexibility index (Phi) is 7.68. The lowest BCUT2D eigenvalue weighted by Crippen LogP contribution is -3.15. The van der Waals surface area contributed by atoms with Crippen molar-refractivity contribution in [1.82, 2.24) is 4.31 Å². The molecule has 35 heavy (non-hydrogen) atoms. The van der Waals surface area contributed by atoms with Crippen molar-refractivity contribution in [3.05, 3.63) is 47.5 Å². The average molecular weight is 503 g/mol. The Morgan fingerprint density at radius 2 is 1.57 bits per heavy atom. The topological polar surface area (TPSA) is 89.4 Å². The van der Waals surface area contributed by atoms with E-state index in [4.69, 9.17) is 9.47 Å². The fourth-order valence-corrected chi connectivity index (χ4v) is 6.12. The number of nitrogens with one attached hydrogen (secondary N) is 2. The second kappa shape index (κ2) is 10.6. The van der Waals surface area contributed by atoms with Crippen molar-refractivity contribution in [3.63, 3.8) is 0 Å². The van der Waals surface area contributed by atoms with Crippen LogP contribution < -0.4 is 19.7 Å². The summed E-state index contributed by atoms with van der Waals surface area (Å²) in [6, 6.07) is 10.9. The molecule has 1 saturated heterocycles. The molecule has 4 rings (SSSR count). The first-order valence-electron chi connectivity index (χ1n) is 12.3. The van der Waals surface area contributed by atoms with Gasteiger partial charge >= 0.3 is 0 Å². The Balaban J connectivity index is 1.38. The number of hydrogen-bond acceptors (Lipinski definition) is 5. The van der Waals surface area contributed by atoms with Gasteiger partial charge in [-0.15, -0.1) is 0 Å². The number of para-hydroxylation sites is 1. The molecule has 2 aliphatic heterocycles. The van der Waals surface area contributed by atoms with Gasteiger partial charge < -0.3 is 19.7 Å². The number of carbonyl (C=O) groups excluding carboxylic acids is 1. The van der Waals surface area contributed by atoms with Crippen LogP contribution in [0.1, 0.15) is 50.7 Å². The van der Waals surface area contributed by atoms with Crippen LogP contribution in [0.15, 0.2) is 41.3 Å².